The highest BCUT2D eigenvalue weighted by atomic mass is 19.1. The van der Waals surface area contributed by atoms with Gasteiger partial charge >= 0.3 is 0 Å². The van der Waals surface area contributed by atoms with Crippen molar-refractivity contribution in [2.24, 2.45) is 0 Å². The van der Waals surface area contributed by atoms with Crippen molar-refractivity contribution in [1.82, 2.24) is 10.2 Å². The zero-order valence-electron chi connectivity index (χ0n) is 17.0. The summed E-state index contributed by atoms with van der Waals surface area (Å²) in [6, 6.07) is 19.8. The minimum atomic E-state index is -0.228. The number of ether oxygens (including phenoxy) is 1. The van der Waals surface area contributed by atoms with Crippen molar-refractivity contribution in [3.63, 3.8) is 0 Å². The Morgan fingerprint density at radius 3 is 2.76 bits per heavy atom. The zero-order chi connectivity index (χ0) is 20.1. The maximum Gasteiger partial charge on any atom is 0.129 e. The number of halogens is 1. The van der Waals surface area contributed by atoms with Gasteiger partial charge in [-0.3, -0.25) is 4.90 Å². The van der Waals surface area contributed by atoms with E-state index in [0.717, 1.165) is 30.9 Å². The molecule has 29 heavy (non-hydrogen) atoms. The SMILES string of the molecule is CCN1CCC[C@H]1CNCc1c(OCc2ccccc2F)ccc2ccccc12. The van der Waals surface area contributed by atoms with E-state index in [1.54, 1.807) is 12.1 Å². The van der Waals surface area contributed by atoms with E-state index < -0.39 is 0 Å². The van der Waals surface area contributed by atoms with Crippen LogP contribution >= 0.6 is 0 Å². The Labute approximate surface area is 172 Å². The van der Waals surface area contributed by atoms with Gasteiger partial charge in [0.25, 0.3) is 0 Å². The van der Waals surface area contributed by atoms with Crippen LogP contribution in [-0.4, -0.2) is 30.6 Å². The highest BCUT2D eigenvalue weighted by molar-refractivity contribution is 5.87. The second-order valence-corrected chi connectivity index (χ2v) is 7.70. The van der Waals surface area contributed by atoms with Crippen molar-refractivity contribution in [2.75, 3.05) is 19.6 Å². The maximum atomic E-state index is 14.0. The third-order valence-electron chi connectivity index (χ3n) is 5.93. The number of benzene rings is 3. The summed E-state index contributed by atoms with van der Waals surface area (Å²) in [4.78, 5) is 2.55. The predicted molar refractivity (Wildman–Crippen MR) is 117 cm³/mol. The van der Waals surface area contributed by atoms with E-state index >= 15 is 0 Å². The van der Waals surface area contributed by atoms with Gasteiger partial charge in [-0.2, -0.15) is 0 Å². The highest BCUT2D eigenvalue weighted by Crippen LogP contribution is 2.29. The molecule has 0 aromatic heterocycles. The summed E-state index contributed by atoms with van der Waals surface area (Å²) < 4.78 is 20.1. The van der Waals surface area contributed by atoms with Gasteiger partial charge in [-0.1, -0.05) is 55.5 Å². The van der Waals surface area contributed by atoms with Gasteiger partial charge in [0.2, 0.25) is 0 Å². The van der Waals surface area contributed by atoms with Crippen molar-refractivity contribution in [1.29, 1.82) is 0 Å². The Bertz CT molecular complexity index is 958. The van der Waals surface area contributed by atoms with Crippen LogP contribution in [0.25, 0.3) is 10.8 Å². The van der Waals surface area contributed by atoms with Crippen molar-refractivity contribution in [3.8, 4) is 5.75 Å². The Balaban J connectivity index is 1.52. The molecular weight excluding hydrogens is 363 g/mol. The van der Waals surface area contributed by atoms with Crippen LogP contribution < -0.4 is 10.1 Å². The molecule has 3 nitrogen and oxygen atoms in total. The lowest BCUT2D eigenvalue weighted by molar-refractivity contribution is 0.259. The molecule has 0 unspecified atom stereocenters. The number of hydrogen-bond acceptors (Lipinski definition) is 3. The molecule has 4 rings (SSSR count). The molecule has 0 spiro atoms. The monoisotopic (exact) mass is 392 g/mol. The van der Waals surface area contributed by atoms with Crippen LogP contribution in [0.2, 0.25) is 0 Å². The van der Waals surface area contributed by atoms with Crippen molar-refractivity contribution in [3.05, 3.63) is 77.6 Å². The zero-order valence-corrected chi connectivity index (χ0v) is 17.0. The van der Waals surface area contributed by atoms with Gasteiger partial charge in [0.15, 0.2) is 0 Å². The van der Waals surface area contributed by atoms with Gasteiger partial charge in [0, 0.05) is 30.3 Å². The van der Waals surface area contributed by atoms with Crippen LogP contribution in [0.5, 0.6) is 5.75 Å². The molecule has 1 atom stereocenters. The largest absolute Gasteiger partial charge is 0.488 e. The molecule has 0 aliphatic carbocycles. The van der Waals surface area contributed by atoms with Crippen molar-refractivity contribution in [2.45, 2.75) is 39.0 Å². The number of likely N-dealkylation sites (N-methyl/N-ethyl adjacent to an activating group) is 1. The van der Waals surface area contributed by atoms with Gasteiger partial charge in [-0.25, -0.2) is 4.39 Å². The number of rotatable bonds is 8. The fourth-order valence-corrected chi connectivity index (χ4v) is 4.31. The molecule has 0 amide bonds. The number of hydrogen-bond donors (Lipinski definition) is 1. The molecule has 0 radical (unpaired) electrons. The van der Waals surface area contributed by atoms with E-state index in [9.17, 15) is 4.39 Å². The average Bonchev–Trinajstić information content (AvgIpc) is 3.21. The standard InChI is InChI=1S/C25H29FN2O/c1-2-28-15-7-10-21(28)16-27-17-23-22-11-5-3-8-19(22)13-14-25(23)29-18-20-9-4-6-12-24(20)26/h3-6,8-9,11-14,21,27H,2,7,10,15-18H2,1H3/t21-/m0/s1. The second-order valence-electron chi connectivity index (χ2n) is 7.70. The summed E-state index contributed by atoms with van der Waals surface area (Å²) >= 11 is 0. The Kier molecular flexibility index (Phi) is 6.43. The van der Waals surface area contributed by atoms with Gasteiger partial charge in [-0.15, -0.1) is 0 Å². The molecule has 1 N–H and O–H groups in total. The van der Waals surface area contributed by atoms with Crippen LogP contribution in [0, 0.1) is 5.82 Å². The molecular formula is C25H29FN2O. The third kappa shape index (κ3) is 4.60. The summed E-state index contributed by atoms with van der Waals surface area (Å²) in [6.07, 6.45) is 2.54. The number of nitrogens with one attached hydrogen (secondary N) is 1. The van der Waals surface area contributed by atoms with Crippen LogP contribution in [-0.2, 0) is 13.2 Å². The fourth-order valence-electron chi connectivity index (χ4n) is 4.31. The third-order valence-corrected chi connectivity index (χ3v) is 5.93. The van der Waals surface area contributed by atoms with E-state index in [2.05, 4.69) is 47.5 Å². The smallest absolute Gasteiger partial charge is 0.129 e. The van der Waals surface area contributed by atoms with E-state index in [0.29, 0.717) is 11.6 Å². The van der Waals surface area contributed by atoms with Gasteiger partial charge in [0.05, 0.1) is 0 Å². The van der Waals surface area contributed by atoms with E-state index in [1.807, 2.05) is 12.1 Å². The summed E-state index contributed by atoms with van der Waals surface area (Å²) in [6.45, 7) is 6.49. The molecule has 0 bridgehead atoms. The van der Waals surface area contributed by atoms with Crippen LogP contribution in [0.1, 0.15) is 30.9 Å². The first kappa shape index (κ1) is 19.9. The first-order chi connectivity index (χ1) is 14.3. The molecule has 1 aliphatic heterocycles. The quantitative estimate of drug-likeness (QED) is 0.575. The Hall–Kier alpha value is -2.43. The minimum absolute atomic E-state index is 0.226. The molecule has 1 aliphatic rings. The molecule has 3 aromatic rings. The molecule has 1 saturated heterocycles. The topological polar surface area (TPSA) is 24.5 Å². The Morgan fingerprint density at radius 2 is 1.90 bits per heavy atom. The number of likely N-dealkylation sites (tertiary alicyclic amines) is 1. The van der Waals surface area contributed by atoms with Gasteiger partial charge in [-0.05, 0) is 48.8 Å². The van der Waals surface area contributed by atoms with Crippen molar-refractivity contribution >= 4 is 10.8 Å². The maximum absolute atomic E-state index is 14.0. The molecule has 0 saturated carbocycles. The van der Waals surface area contributed by atoms with Gasteiger partial charge < -0.3 is 10.1 Å². The van der Waals surface area contributed by atoms with Crippen molar-refractivity contribution < 1.29 is 9.13 Å². The lowest BCUT2D eigenvalue weighted by Gasteiger charge is -2.23. The first-order valence-electron chi connectivity index (χ1n) is 10.6. The first-order valence-corrected chi connectivity index (χ1v) is 10.6. The molecule has 4 heteroatoms. The number of nitrogens with zero attached hydrogens (tertiary/aromatic N) is 1. The molecule has 1 heterocycles. The Morgan fingerprint density at radius 1 is 1.07 bits per heavy atom. The predicted octanol–water partition coefficient (Wildman–Crippen LogP) is 5.13. The fraction of sp³-hybridized carbons (Fsp3) is 0.360. The second kappa shape index (κ2) is 9.38. The molecule has 3 aromatic carbocycles. The lowest BCUT2D eigenvalue weighted by atomic mass is 10.0. The summed E-state index contributed by atoms with van der Waals surface area (Å²) in [5, 5.41) is 6.03. The minimum Gasteiger partial charge on any atom is -0.488 e. The van der Waals surface area contributed by atoms with Crippen LogP contribution in [0.15, 0.2) is 60.7 Å². The van der Waals surface area contributed by atoms with E-state index in [4.69, 9.17) is 4.74 Å². The van der Waals surface area contributed by atoms with Crippen LogP contribution in [0.3, 0.4) is 0 Å². The average molecular weight is 393 g/mol. The summed E-state index contributed by atoms with van der Waals surface area (Å²) in [7, 11) is 0. The van der Waals surface area contributed by atoms with Gasteiger partial charge in [0.1, 0.15) is 18.2 Å². The lowest BCUT2D eigenvalue weighted by Crippen LogP contribution is -2.37. The van der Waals surface area contributed by atoms with E-state index in [-0.39, 0.29) is 12.4 Å². The highest BCUT2D eigenvalue weighted by Gasteiger charge is 2.22. The van der Waals surface area contributed by atoms with E-state index in [1.165, 1.54) is 36.2 Å². The molecule has 152 valence electrons. The number of fused-ring (bicyclic) bond motifs is 1. The normalized spacial score (nSPS) is 17.1. The summed E-state index contributed by atoms with van der Waals surface area (Å²) in [5.74, 6) is 0.590. The van der Waals surface area contributed by atoms with Crippen LogP contribution in [0.4, 0.5) is 4.39 Å². The summed E-state index contributed by atoms with van der Waals surface area (Å²) in [5.41, 5.74) is 1.71. The molecule has 1 fully saturated rings.